The van der Waals surface area contributed by atoms with E-state index in [2.05, 4.69) is 27.9 Å². The predicted molar refractivity (Wildman–Crippen MR) is 117 cm³/mol. The highest BCUT2D eigenvalue weighted by molar-refractivity contribution is 5.95. The lowest BCUT2D eigenvalue weighted by Gasteiger charge is -2.36. The van der Waals surface area contributed by atoms with Crippen molar-refractivity contribution >= 4 is 36.0 Å². The summed E-state index contributed by atoms with van der Waals surface area (Å²) in [5, 5.41) is 0. The molecule has 2 saturated heterocycles. The van der Waals surface area contributed by atoms with Crippen LogP contribution in [0.1, 0.15) is 28.4 Å². The van der Waals surface area contributed by atoms with Gasteiger partial charge in [0.15, 0.2) is 0 Å². The highest BCUT2D eigenvalue weighted by Gasteiger charge is 2.32. The van der Waals surface area contributed by atoms with Crippen molar-refractivity contribution in [1.29, 1.82) is 0 Å². The zero-order valence-electron chi connectivity index (χ0n) is 17.4. The Morgan fingerprint density at radius 1 is 1.10 bits per heavy atom. The monoisotopic (exact) mass is 431 g/mol. The molecule has 0 aromatic carbocycles. The molecule has 2 aliphatic heterocycles. The number of cyclic esters (lactones) is 1. The summed E-state index contributed by atoms with van der Waals surface area (Å²) in [5.74, 6) is 1.44. The smallest absolute Gasteiger partial charge is 0.415 e. The van der Waals surface area contributed by atoms with Crippen molar-refractivity contribution < 1.29 is 14.3 Å². The van der Waals surface area contributed by atoms with Gasteiger partial charge in [-0.2, -0.15) is 0 Å². The van der Waals surface area contributed by atoms with Crippen LogP contribution in [0.4, 0.5) is 16.4 Å². The van der Waals surface area contributed by atoms with Gasteiger partial charge in [-0.15, -0.1) is 12.4 Å². The van der Waals surface area contributed by atoms with Crippen molar-refractivity contribution in [2.24, 2.45) is 0 Å². The van der Waals surface area contributed by atoms with Gasteiger partial charge in [0.2, 0.25) is 0 Å². The molecule has 0 spiro atoms. The maximum atomic E-state index is 12.9. The highest BCUT2D eigenvalue weighted by atomic mass is 35.5. The predicted octanol–water partition coefficient (Wildman–Crippen LogP) is 2.82. The number of amides is 2. The van der Waals surface area contributed by atoms with Crippen LogP contribution < -0.4 is 9.80 Å². The summed E-state index contributed by atoms with van der Waals surface area (Å²) in [6.45, 7) is 9.09. The minimum absolute atomic E-state index is 0. The largest absolute Gasteiger partial charge is 0.447 e. The third-order valence-corrected chi connectivity index (χ3v) is 5.38. The quantitative estimate of drug-likeness (QED) is 0.743. The van der Waals surface area contributed by atoms with Gasteiger partial charge in [-0.05, 0) is 44.0 Å². The molecule has 4 heterocycles. The van der Waals surface area contributed by atoms with E-state index >= 15 is 0 Å². The van der Waals surface area contributed by atoms with E-state index in [1.54, 1.807) is 12.1 Å². The number of pyridine rings is 2. The molecule has 2 fully saturated rings. The minimum Gasteiger partial charge on any atom is -0.447 e. The first-order valence-electron chi connectivity index (χ1n) is 9.83. The van der Waals surface area contributed by atoms with Crippen LogP contribution in [-0.4, -0.2) is 65.7 Å². The van der Waals surface area contributed by atoms with E-state index in [0.717, 1.165) is 30.0 Å². The summed E-state index contributed by atoms with van der Waals surface area (Å²) >= 11 is 0. The fourth-order valence-electron chi connectivity index (χ4n) is 3.83. The molecular formula is C21H26ClN5O3. The molecule has 0 unspecified atom stereocenters. The summed E-state index contributed by atoms with van der Waals surface area (Å²) in [6, 6.07) is 5.49. The fourth-order valence-corrected chi connectivity index (χ4v) is 3.83. The van der Waals surface area contributed by atoms with Crippen LogP contribution in [-0.2, 0) is 4.74 Å². The Labute approximate surface area is 182 Å². The molecule has 9 heteroatoms. The lowest BCUT2D eigenvalue weighted by Crippen LogP contribution is -2.49. The number of piperazine rings is 1. The number of hydrogen-bond donors (Lipinski definition) is 0. The van der Waals surface area contributed by atoms with E-state index in [4.69, 9.17) is 4.74 Å². The van der Waals surface area contributed by atoms with Crippen LogP contribution in [0.2, 0.25) is 0 Å². The van der Waals surface area contributed by atoms with E-state index < -0.39 is 6.09 Å². The average Bonchev–Trinajstić information content (AvgIpc) is 3.06. The summed E-state index contributed by atoms with van der Waals surface area (Å²) < 4.78 is 5.03. The first-order chi connectivity index (χ1) is 13.9. The maximum Gasteiger partial charge on any atom is 0.415 e. The van der Waals surface area contributed by atoms with Crippen molar-refractivity contribution in [3.8, 4) is 0 Å². The second-order valence-electron chi connectivity index (χ2n) is 7.63. The molecule has 4 rings (SSSR count). The van der Waals surface area contributed by atoms with Crippen LogP contribution in [0.3, 0.4) is 0 Å². The van der Waals surface area contributed by atoms with E-state index in [-0.39, 0.29) is 24.4 Å². The zero-order valence-corrected chi connectivity index (χ0v) is 18.2. The molecule has 0 aliphatic carbocycles. The topological polar surface area (TPSA) is 78.9 Å². The maximum absolute atomic E-state index is 12.9. The highest BCUT2D eigenvalue weighted by Crippen LogP contribution is 2.22. The molecule has 2 aromatic rings. The molecule has 2 amide bonds. The van der Waals surface area contributed by atoms with Gasteiger partial charge < -0.3 is 14.5 Å². The molecule has 2 aromatic heterocycles. The second-order valence-corrected chi connectivity index (χ2v) is 7.63. The standard InChI is InChI=1S/C21H25N5O3.ClH/c1-14-10-15(2)19(23-11-14)24-6-8-25(9-7-24)20(27)17-4-5-18(22-12-17)26-16(3)13-29-21(26)28;/h4-5,10-12,16H,6-9,13H2,1-3H3;1H/t16-;/m1./s1. The number of aromatic nitrogens is 2. The number of nitrogens with zero attached hydrogens (tertiary/aromatic N) is 5. The number of carbonyl (C=O) groups is 2. The molecule has 2 aliphatic rings. The summed E-state index contributed by atoms with van der Waals surface area (Å²) in [7, 11) is 0. The normalized spacial score (nSPS) is 18.8. The van der Waals surface area contributed by atoms with Crippen LogP contribution in [0.15, 0.2) is 30.6 Å². The lowest BCUT2D eigenvalue weighted by atomic mass is 10.2. The van der Waals surface area contributed by atoms with E-state index in [1.165, 1.54) is 11.1 Å². The first kappa shape index (κ1) is 21.8. The van der Waals surface area contributed by atoms with Crippen molar-refractivity contribution in [2.45, 2.75) is 26.8 Å². The molecule has 0 bridgehead atoms. The molecule has 0 saturated carbocycles. The van der Waals surface area contributed by atoms with Crippen LogP contribution in [0.5, 0.6) is 0 Å². The average molecular weight is 432 g/mol. The van der Waals surface area contributed by atoms with Gasteiger partial charge in [0, 0.05) is 38.6 Å². The van der Waals surface area contributed by atoms with E-state index in [9.17, 15) is 9.59 Å². The molecule has 30 heavy (non-hydrogen) atoms. The Hall–Kier alpha value is -2.87. The van der Waals surface area contributed by atoms with Gasteiger partial charge in [-0.1, -0.05) is 6.07 Å². The molecular weight excluding hydrogens is 406 g/mol. The number of ether oxygens (including phenoxy) is 1. The summed E-state index contributed by atoms with van der Waals surface area (Å²) in [6.07, 6.45) is 3.01. The van der Waals surface area contributed by atoms with Crippen molar-refractivity contribution in [3.05, 3.63) is 47.3 Å². The first-order valence-corrected chi connectivity index (χ1v) is 9.83. The minimum atomic E-state index is -0.403. The van der Waals surface area contributed by atoms with Crippen molar-refractivity contribution in [1.82, 2.24) is 14.9 Å². The number of anilines is 2. The number of hydrogen-bond acceptors (Lipinski definition) is 6. The molecule has 0 N–H and O–H groups in total. The van der Waals surface area contributed by atoms with Crippen molar-refractivity contribution in [2.75, 3.05) is 42.6 Å². The Bertz CT molecular complexity index is 929. The van der Waals surface area contributed by atoms with Gasteiger partial charge >= 0.3 is 6.09 Å². The second kappa shape index (κ2) is 8.87. The summed E-state index contributed by atoms with van der Waals surface area (Å²) in [4.78, 5) is 39.1. The van der Waals surface area contributed by atoms with Gasteiger partial charge in [0.25, 0.3) is 5.91 Å². The molecule has 1 atom stereocenters. The number of carbonyl (C=O) groups excluding carboxylic acids is 2. The number of rotatable bonds is 3. The lowest BCUT2D eigenvalue weighted by molar-refractivity contribution is 0.0746. The van der Waals surface area contributed by atoms with Crippen LogP contribution in [0.25, 0.3) is 0 Å². The van der Waals surface area contributed by atoms with Gasteiger partial charge in [-0.3, -0.25) is 9.69 Å². The van der Waals surface area contributed by atoms with E-state index in [1.807, 2.05) is 24.9 Å². The molecule has 8 nitrogen and oxygen atoms in total. The fraction of sp³-hybridized carbons (Fsp3) is 0.429. The van der Waals surface area contributed by atoms with Gasteiger partial charge in [0.1, 0.15) is 18.2 Å². The van der Waals surface area contributed by atoms with Gasteiger partial charge in [-0.25, -0.2) is 14.8 Å². The van der Waals surface area contributed by atoms with Crippen LogP contribution in [0, 0.1) is 13.8 Å². The SMILES string of the molecule is Cc1cnc(N2CCN(C(=O)c3ccc(N4C(=O)OC[C@H]4C)nc3)CC2)c(C)c1.Cl. The summed E-state index contributed by atoms with van der Waals surface area (Å²) in [5.41, 5.74) is 2.82. The van der Waals surface area contributed by atoms with Crippen LogP contribution >= 0.6 is 12.4 Å². The Balaban J connectivity index is 0.00000256. The number of aryl methyl sites for hydroxylation is 2. The Kier molecular flexibility index (Phi) is 6.45. The van der Waals surface area contributed by atoms with Crippen molar-refractivity contribution in [3.63, 3.8) is 0 Å². The van der Waals surface area contributed by atoms with Gasteiger partial charge in [0.05, 0.1) is 11.6 Å². The van der Waals surface area contributed by atoms with E-state index in [0.29, 0.717) is 31.1 Å². The molecule has 160 valence electrons. The zero-order chi connectivity index (χ0) is 20.5. The third-order valence-electron chi connectivity index (χ3n) is 5.38. The Morgan fingerprint density at radius 2 is 1.83 bits per heavy atom. The third kappa shape index (κ3) is 4.18. The number of halogens is 1. The Morgan fingerprint density at radius 3 is 2.40 bits per heavy atom. The molecule has 0 radical (unpaired) electrons.